The predicted molar refractivity (Wildman–Crippen MR) is 118 cm³/mol. The number of rotatable bonds is 4. The van der Waals surface area contributed by atoms with Gasteiger partial charge >= 0.3 is 0 Å². The van der Waals surface area contributed by atoms with Crippen molar-refractivity contribution in [2.24, 2.45) is 0 Å². The predicted octanol–water partition coefficient (Wildman–Crippen LogP) is 5.24. The largest absolute Gasteiger partial charge is 0.355 e. The second kappa shape index (κ2) is 7.48. The van der Waals surface area contributed by atoms with Crippen LogP contribution in [-0.4, -0.2) is 24.9 Å². The SMILES string of the molecule is C(=Cc1cnccn1)c1ccc2[nH]c3ccc(C=Cc4cnccn4)cc3c2c1. The van der Waals surface area contributed by atoms with E-state index in [0.29, 0.717) is 0 Å². The van der Waals surface area contributed by atoms with Gasteiger partial charge in [0.15, 0.2) is 0 Å². The van der Waals surface area contributed by atoms with Gasteiger partial charge in [-0.25, -0.2) is 0 Å². The van der Waals surface area contributed by atoms with Crippen LogP contribution >= 0.6 is 0 Å². The van der Waals surface area contributed by atoms with E-state index in [-0.39, 0.29) is 0 Å². The fraction of sp³-hybridized carbons (Fsp3) is 0. The van der Waals surface area contributed by atoms with Crippen LogP contribution in [0.5, 0.6) is 0 Å². The molecule has 2 aromatic carbocycles. The molecule has 1 N–H and O–H groups in total. The highest BCUT2D eigenvalue weighted by Crippen LogP contribution is 2.28. The summed E-state index contributed by atoms with van der Waals surface area (Å²) in [6.45, 7) is 0. The minimum atomic E-state index is 0.836. The summed E-state index contributed by atoms with van der Waals surface area (Å²) in [5, 5.41) is 2.38. The maximum atomic E-state index is 4.28. The minimum absolute atomic E-state index is 0.836. The maximum Gasteiger partial charge on any atom is 0.0813 e. The topological polar surface area (TPSA) is 67.3 Å². The number of benzene rings is 2. The van der Waals surface area contributed by atoms with Gasteiger partial charge < -0.3 is 4.98 Å². The lowest BCUT2D eigenvalue weighted by molar-refractivity contribution is 1.18. The van der Waals surface area contributed by atoms with E-state index in [1.54, 1.807) is 37.2 Å². The number of hydrogen-bond acceptors (Lipinski definition) is 4. The lowest BCUT2D eigenvalue weighted by Crippen LogP contribution is -1.80. The summed E-state index contributed by atoms with van der Waals surface area (Å²) in [5.74, 6) is 0. The first-order valence-corrected chi connectivity index (χ1v) is 9.29. The van der Waals surface area contributed by atoms with Crippen LogP contribution in [0.15, 0.2) is 73.6 Å². The average molecular weight is 375 g/mol. The van der Waals surface area contributed by atoms with Crippen LogP contribution in [-0.2, 0) is 0 Å². The summed E-state index contributed by atoms with van der Waals surface area (Å²) >= 11 is 0. The fourth-order valence-corrected chi connectivity index (χ4v) is 3.30. The molecule has 138 valence electrons. The molecule has 5 heteroatoms. The van der Waals surface area contributed by atoms with E-state index in [2.05, 4.69) is 73.5 Å². The summed E-state index contributed by atoms with van der Waals surface area (Å²) in [6, 6.07) is 12.8. The van der Waals surface area contributed by atoms with Gasteiger partial charge in [0.1, 0.15) is 0 Å². The molecule has 0 bridgehead atoms. The molecule has 0 saturated carbocycles. The highest BCUT2D eigenvalue weighted by molar-refractivity contribution is 6.08. The van der Waals surface area contributed by atoms with Crippen molar-refractivity contribution < 1.29 is 0 Å². The molecule has 0 unspecified atom stereocenters. The molecule has 0 aliphatic heterocycles. The molecule has 0 radical (unpaired) electrons. The van der Waals surface area contributed by atoms with E-state index >= 15 is 0 Å². The van der Waals surface area contributed by atoms with Crippen LogP contribution in [0.4, 0.5) is 0 Å². The molecule has 5 nitrogen and oxygen atoms in total. The van der Waals surface area contributed by atoms with Gasteiger partial charge in [0, 0.05) is 46.6 Å². The minimum Gasteiger partial charge on any atom is -0.355 e. The van der Waals surface area contributed by atoms with Crippen molar-refractivity contribution in [2.75, 3.05) is 0 Å². The zero-order valence-electron chi connectivity index (χ0n) is 15.5. The van der Waals surface area contributed by atoms with E-state index in [9.17, 15) is 0 Å². The lowest BCUT2D eigenvalue weighted by Gasteiger charge is -1.98. The Labute approximate surface area is 167 Å². The van der Waals surface area contributed by atoms with Crippen molar-refractivity contribution >= 4 is 46.1 Å². The van der Waals surface area contributed by atoms with Crippen LogP contribution in [0.3, 0.4) is 0 Å². The van der Waals surface area contributed by atoms with Crippen molar-refractivity contribution in [2.45, 2.75) is 0 Å². The Morgan fingerprint density at radius 3 is 1.55 bits per heavy atom. The molecule has 3 heterocycles. The van der Waals surface area contributed by atoms with Crippen molar-refractivity contribution in [1.82, 2.24) is 24.9 Å². The third-order valence-corrected chi connectivity index (χ3v) is 4.71. The number of H-pyrrole nitrogens is 1. The van der Waals surface area contributed by atoms with E-state index in [1.807, 2.05) is 12.2 Å². The van der Waals surface area contributed by atoms with Crippen LogP contribution in [0.2, 0.25) is 0 Å². The zero-order chi connectivity index (χ0) is 19.5. The van der Waals surface area contributed by atoms with Gasteiger partial charge in [0.2, 0.25) is 0 Å². The highest BCUT2D eigenvalue weighted by atomic mass is 14.8. The smallest absolute Gasteiger partial charge is 0.0813 e. The first kappa shape index (κ1) is 17.0. The molecule has 0 saturated heterocycles. The van der Waals surface area contributed by atoms with E-state index in [0.717, 1.165) is 33.5 Å². The number of fused-ring (bicyclic) bond motifs is 3. The third-order valence-electron chi connectivity index (χ3n) is 4.71. The van der Waals surface area contributed by atoms with Gasteiger partial charge in [-0.2, -0.15) is 0 Å². The van der Waals surface area contributed by atoms with Gasteiger partial charge in [-0.3, -0.25) is 19.9 Å². The number of hydrogen-bond donors (Lipinski definition) is 1. The van der Waals surface area contributed by atoms with E-state index in [4.69, 9.17) is 0 Å². The van der Waals surface area contributed by atoms with Gasteiger partial charge in [-0.05, 0) is 47.5 Å². The fourth-order valence-electron chi connectivity index (χ4n) is 3.30. The zero-order valence-corrected chi connectivity index (χ0v) is 15.5. The molecule has 0 amide bonds. The lowest BCUT2D eigenvalue weighted by atomic mass is 10.1. The second-order valence-electron chi connectivity index (χ2n) is 6.66. The Kier molecular flexibility index (Phi) is 4.39. The molecule has 29 heavy (non-hydrogen) atoms. The quantitative estimate of drug-likeness (QED) is 0.466. The molecular weight excluding hydrogens is 358 g/mol. The monoisotopic (exact) mass is 375 g/mol. The Bertz CT molecular complexity index is 1230. The Morgan fingerprint density at radius 2 is 1.10 bits per heavy atom. The average Bonchev–Trinajstić information content (AvgIpc) is 3.15. The third kappa shape index (κ3) is 3.66. The molecule has 0 aliphatic rings. The summed E-state index contributed by atoms with van der Waals surface area (Å²) in [4.78, 5) is 20.2. The molecule has 0 spiro atoms. The van der Waals surface area contributed by atoms with Crippen molar-refractivity contribution in [3.63, 3.8) is 0 Å². The first-order valence-electron chi connectivity index (χ1n) is 9.29. The van der Waals surface area contributed by atoms with E-state index < -0.39 is 0 Å². The Balaban J connectivity index is 1.51. The molecule has 5 aromatic rings. The molecule has 0 aliphatic carbocycles. The van der Waals surface area contributed by atoms with Crippen LogP contribution in [0, 0.1) is 0 Å². The standard InChI is InChI=1S/C24H17N5/c1(5-19-15-25-9-11-27-19)17-3-7-23-21(13-17)22-14-18(4-8-24(22)29-23)2-6-20-16-26-10-12-28-20/h1-16,29H. The summed E-state index contributed by atoms with van der Waals surface area (Å²) in [5.41, 5.74) is 6.14. The molecular formula is C24H17N5. The number of nitrogens with one attached hydrogen (secondary N) is 1. The Morgan fingerprint density at radius 1 is 0.586 bits per heavy atom. The Hall–Kier alpha value is -4.12. The summed E-state index contributed by atoms with van der Waals surface area (Å²) in [7, 11) is 0. The molecule has 5 rings (SSSR count). The normalized spacial score (nSPS) is 11.9. The number of nitrogens with zero attached hydrogens (tertiary/aromatic N) is 4. The van der Waals surface area contributed by atoms with Gasteiger partial charge in [0.05, 0.1) is 23.8 Å². The molecule has 0 atom stereocenters. The molecule has 3 aromatic heterocycles. The van der Waals surface area contributed by atoms with Gasteiger partial charge in [-0.15, -0.1) is 0 Å². The van der Waals surface area contributed by atoms with Gasteiger partial charge in [0.25, 0.3) is 0 Å². The molecule has 0 fully saturated rings. The van der Waals surface area contributed by atoms with Gasteiger partial charge in [-0.1, -0.05) is 24.3 Å². The number of aromatic nitrogens is 5. The van der Waals surface area contributed by atoms with Crippen molar-refractivity contribution in [3.05, 3.63) is 96.1 Å². The van der Waals surface area contributed by atoms with Crippen LogP contribution in [0.1, 0.15) is 22.5 Å². The van der Waals surface area contributed by atoms with Crippen molar-refractivity contribution in [3.8, 4) is 0 Å². The first-order chi connectivity index (χ1) is 14.3. The summed E-state index contributed by atoms with van der Waals surface area (Å²) < 4.78 is 0. The number of aromatic amines is 1. The van der Waals surface area contributed by atoms with Crippen LogP contribution < -0.4 is 0 Å². The van der Waals surface area contributed by atoms with E-state index in [1.165, 1.54) is 10.8 Å². The van der Waals surface area contributed by atoms with Crippen molar-refractivity contribution in [1.29, 1.82) is 0 Å². The van der Waals surface area contributed by atoms with Crippen LogP contribution in [0.25, 0.3) is 46.1 Å². The maximum absolute atomic E-state index is 4.28. The highest BCUT2D eigenvalue weighted by Gasteiger charge is 2.05. The second-order valence-corrected chi connectivity index (χ2v) is 6.66. The summed E-state index contributed by atoms with van der Waals surface area (Å²) in [6.07, 6.45) is 18.3.